The Morgan fingerprint density at radius 2 is 1.37 bits per heavy atom. The van der Waals surface area contributed by atoms with E-state index in [2.05, 4.69) is 10.6 Å². The second kappa shape index (κ2) is 11.9. The van der Waals surface area contributed by atoms with Crippen LogP contribution in [0.3, 0.4) is 0 Å². The van der Waals surface area contributed by atoms with Gasteiger partial charge < -0.3 is 15.7 Å². The highest BCUT2D eigenvalue weighted by atomic mass is 32.2. The first-order valence-corrected chi connectivity index (χ1v) is 13.6. The lowest BCUT2D eigenvalue weighted by atomic mass is 9.92. The fourth-order valence-corrected chi connectivity index (χ4v) is 4.71. The molecule has 0 saturated carbocycles. The Hall–Kier alpha value is -3.91. The van der Waals surface area contributed by atoms with Crippen molar-refractivity contribution in [1.82, 2.24) is 5.32 Å². The zero-order valence-corrected chi connectivity index (χ0v) is 22.1. The van der Waals surface area contributed by atoms with Gasteiger partial charge >= 0.3 is 12.4 Å². The summed E-state index contributed by atoms with van der Waals surface area (Å²) < 4.78 is 103. The van der Waals surface area contributed by atoms with Crippen LogP contribution in [0.15, 0.2) is 83.8 Å². The average Bonchev–Trinajstić information content (AvgIpc) is 2.91. The molecule has 0 radical (unpaired) electrons. The number of rotatable bonds is 9. The minimum Gasteiger partial charge on any atom is -0.369 e. The number of aliphatic hydroxyl groups is 1. The van der Waals surface area contributed by atoms with Gasteiger partial charge in [0.1, 0.15) is 6.04 Å². The van der Waals surface area contributed by atoms with E-state index in [1.807, 2.05) is 0 Å². The third-order valence-corrected chi connectivity index (χ3v) is 7.87. The molecule has 3 rings (SSSR count). The molecule has 3 aromatic carbocycles. The lowest BCUT2D eigenvalue weighted by molar-refractivity contribution is -0.376. The van der Waals surface area contributed by atoms with Gasteiger partial charge in [-0.2, -0.15) is 26.3 Å². The van der Waals surface area contributed by atoms with Crippen molar-refractivity contribution in [2.75, 3.05) is 11.1 Å². The molecule has 3 aromatic rings. The van der Waals surface area contributed by atoms with E-state index in [-0.39, 0.29) is 28.3 Å². The molecule has 0 spiro atoms. The molecular formula is C27H24F6N2O5S. The van der Waals surface area contributed by atoms with E-state index in [0.717, 1.165) is 12.1 Å². The third kappa shape index (κ3) is 7.06. The number of amides is 2. The van der Waals surface area contributed by atoms with Crippen molar-refractivity contribution >= 4 is 27.3 Å². The van der Waals surface area contributed by atoms with Crippen molar-refractivity contribution in [3.8, 4) is 0 Å². The number of carbonyl (C=O) groups is 2. The normalized spacial score (nSPS) is 13.4. The van der Waals surface area contributed by atoms with Crippen molar-refractivity contribution in [2.45, 2.75) is 42.2 Å². The SMILES string of the molecule is CCS(=O)(=O)c1ccc(C(NC(=O)Cc2ccccc2)C(=O)Nc2ccc(C(O)(C(F)(F)F)C(F)(F)F)cc2)cc1. The molecule has 2 amide bonds. The summed E-state index contributed by atoms with van der Waals surface area (Å²) in [6, 6.07) is 14.3. The first-order valence-electron chi connectivity index (χ1n) is 11.9. The number of anilines is 1. The number of hydrogen-bond donors (Lipinski definition) is 3. The van der Waals surface area contributed by atoms with Gasteiger partial charge in [-0.1, -0.05) is 61.5 Å². The summed E-state index contributed by atoms with van der Waals surface area (Å²) in [7, 11) is -3.58. The molecule has 1 atom stereocenters. The summed E-state index contributed by atoms with van der Waals surface area (Å²) in [5.41, 5.74) is -6.13. The molecule has 0 heterocycles. The van der Waals surface area contributed by atoms with Gasteiger partial charge in [-0.25, -0.2) is 8.42 Å². The second-order valence-electron chi connectivity index (χ2n) is 8.91. The van der Waals surface area contributed by atoms with Gasteiger partial charge in [0, 0.05) is 11.3 Å². The second-order valence-corrected chi connectivity index (χ2v) is 11.2. The van der Waals surface area contributed by atoms with Crippen molar-refractivity contribution in [2.24, 2.45) is 0 Å². The summed E-state index contributed by atoms with van der Waals surface area (Å²) in [6.45, 7) is 1.44. The fourth-order valence-electron chi connectivity index (χ4n) is 3.83. The maximum absolute atomic E-state index is 13.2. The summed E-state index contributed by atoms with van der Waals surface area (Å²) in [4.78, 5) is 25.9. The molecule has 41 heavy (non-hydrogen) atoms. The molecule has 14 heteroatoms. The minimum absolute atomic E-state index is 0.0316. The monoisotopic (exact) mass is 602 g/mol. The minimum atomic E-state index is -6.08. The summed E-state index contributed by atoms with van der Waals surface area (Å²) >= 11 is 0. The molecule has 0 fully saturated rings. The largest absolute Gasteiger partial charge is 0.430 e. The smallest absolute Gasteiger partial charge is 0.369 e. The molecule has 0 aliphatic rings. The van der Waals surface area contributed by atoms with E-state index in [1.54, 1.807) is 30.3 Å². The van der Waals surface area contributed by atoms with Gasteiger partial charge in [0.25, 0.3) is 11.5 Å². The Balaban J connectivity index is 1.90. The van der Waals surface area contributed by atoms with E-state index in [0.29, 0.717) is 17.7 Å². The lowest BCUT2D eigenvalue weighted by Crippen LogP contribution is -2.53. The van der Waals surface area contributed by atoms with Crippen molar-refractivity contribution in [3.05, 3.63) is 95.6 Å². The molecule has 220 valence electrons. The molecule has 0 aromatic heterocycles. The maximum atomic E-state index is 13.2. The number of nitrogens with one attached hydrogen (secondary N) is 2. The lowest BCUT2D eigenvalue weighted by Gasteiger charge is -2.32. The topological polar surface area (TPSA) is 113 Å². The predicted octanol–water partition coefficient (Wildman–Crippen LogP) is 4.83. The summed E-state index contributed by atoms with van der Waals surface area (Å²) in [6.07, 6.45) is -12.3. The fraction of sp³-hybridized carbons (Fsp3) is 0.259. The highest BCUT2D eigenvalue weighted by Gasteiger charge is 2.71. The third-order valence-electron chi connectivity index (χ3n) is 6.12. The van der Waals surface area contributed by atoms with Crippen LogP contribution in [0.2, 0.25) is 0 Å². The van der Waals surface area contributed by atoms with E-state index >= 15 is 0 Å². The van der Waals surface area contributed by atoms with Crippen LogP contribution in [-0.4, -0.2) is 43.4 Å². The van der Waals surface area contributed by atoms with Crippen LogP contribution < -0.4 is 10.6 Å². The number of hydrogen-bond acceptors (Lipinski definition) is 5. The number of sulfone groups is 1. The quantitative estimate of drug-likeness (QED) is 0.304. The van der Waals surface area contributed by atoms with Crippen molar-refractivity contribution in [1.29, 1.82) is 0 Å². The van der Waals surface area contributed by atoms with Crippen LogP contribution in [-0.2, 0) is 31.4 Å². The molecule has 3 N–H and O–H groups in total. The first kappa shape index (κ1) is 31.6. The van der Waals surface area contributed by atoms with Crippen molar-refractivity contribution < 1.29 is 49.5 Å². The molecule has 0 aliphatic heterocycles. The molecule has 7 nitrogen and oxygen atoms in total. The molecular weight excluding hydrogens is 578 g/mol. The van der Waals surface area contributed by atoms with Gasteiger partial charge in [-0.15, -0.1) is 0 Å². The van der Waals surface area contributed by atoms with Gasteiger partial charge in [0.15, 0.2) is 9.84 Å². The van der Waals surface area contributed by atoms with E-state index < -0.39 is 51.2 Å². The Bertz CT molecular complexity index is 1460. The highest BCUT2D eigenvalue weighted by Crippen LogP contribution is 2.50. The number of carbonyl (C=O) groups excluding carboxylic acids is 2. The first-order chi connectivity index (χ1) is 19.0. The Labute approximate surface area is 231 Å². The molecule has 0 bridgehead atoms. The standard InChI is InChI=1S/C27H24F6N2O5S/c1-2-41(39,40)21-14-8-18(9-15-21)23(35-22(36)16-17-6-4-3-5-7-17)24(37)34-20-12-10-19(11-13-20)25(38,26(28,29)30)27(31,32)33/h3-15,23,38H,2,16H2,1H3,(H,34,37)(H,35,36). The Morgan fingerprint density at radius 3 is 1.85 bits per heavy atom. The predicted molar refractivity (Wildman–Crippen MR) is 136 cm³/mol. The van der Waals surface area contributed by atoms with Crippen LogP contribution in [0.4, 0.5) is 32.0 Å². The van der Waals surface area contributed by atoms with Crippen LogP contribution >= 0.6 is 0 Å². The number of benzene rings is 3. The van der Waals surface area contributed by atoms with E-state index in [9.17, 15) is 49.5 Å². The van der Waals surface area contributed by atoms with Crippen molar-refractivity contribution in [3.63, 3.8) is 0 Å². The van der Waals surface area contributed by atoms with Gasteiger partial charge in [-0.3, -0.25) is 9.59 Å². The molecule has 1 unspecified atom stereocenters. The van der Waals surface area contributed by atoms with Crippen LogP contribution in [0, 0.1) is 0 Å². The van der Waals surface area contributed by atoms with Crippen LogP contribution in [0.1, 0.15) is 29.7 Å². The van der Waals surface area contributed by atoms with E-state index in [1.165, 1.54) is 31.2 Å². The maximum Gasteiger partial charge on any atom is 0.430 e. The summed E-state index contributed by atoms with van der Waals surface area (Å²) in [5.74, 6) is -1.71. The zero-order chi connectivity index (χ0) is 30.6. The van der Waals surface area contributed by atoms with E-state index in [4.69, 9.17) is 0 Å². The Kier molecular flexibility index (Phi) is 9.18. The highest BCUT2D eigenvalue weighted by molar-refractivity contribution is 7.91. The van der Waals surface area contributed by atoms with Crippen LogP contribution in [0.5, 0.6) is 0 Å². The molecule has 0 aliphatic carbocycles. The van der Waals surface area contributed by atoms with Gasteiger partial charge in [-0.05, 0) is 35.4 Å². The zero-order valence-electron chi connectivity index (χ0n) is 21.3. The average molecular weight is 603 g/mol. The number of halogens is 6. The Morgan fingerprint density at radius 1 is 0.829 bits per heavy atom. The van der Waals surface area contributed by atoms with Crippen LogP contribution in [0.25, 0.3) is 0 Å². The number of alkyl halides is 6. The van der Waals surface area contributed by atoms with Gasteiger partial charge in [0.05, 0.1) is 17.1 Å². The molecule has 0 saturated heterocycles. The summed E-state index contributed by atoms with van der Waals surface area (Å²) in [5, 5.41) is 14.4. The van der Waals surface area contributed by atoms with Gasteiger partial charge in [0.2, 0.25) is 5.91 Å².